The van der Waals surface area contributed by atoms with Crippen molar-refractivity contribution < 1.29 is 0 Å². The van der Waals surface area contributed by atoms with Gasteiger partial charge >= 0.3 is 0 Å². The van der Waals surface area contributed by atoms with Crippen molar-refractivity contribution in [2.75, 3.05) is 0 Å². The lowest BCUT2D eigenvalue weighted by atomic mass is 9.85. The fourth-order valence-electron chi connectivity index (χ4n) is 6.21. The summed E-state index contributed by atoms with van der Waals surface area (Å²) < 4.78 is 2.67. The minimum Gasteiger partial charge on any atom is -0.135 e. The average Bonchev–Trinajstić information content (AvgIpc) is 3.39. The lowest BCUT2D eigenvalue weighted by Crippen LogP contribution is -1.91. The smallest absolute Gasteiger partial charge is 0.0361 e. The fourth-order valence-corrected chi connectivity index (χ4v) is 7.34. The van der Waals surface area contributed by atoms with E-state index in [-0.39, 0.29) is 0 Å². The molecule has 0 fully saturated rings. The highest BCUT2D eigenvalue weighted by Crippen LogP contribution is 2.45. The van der Waals surface area contributed by atoms with Crippen LogP contribution in [0.3, 0.4) is 0 Å². The normalized spacial score (nSPS) is 11.6. The molecule has 0 amide bonds. The Morgan fingerprint density at radius 3 is 1.51 bits per heavy atom. The Hall–Kier alpha value is -4.72. The van der Waals surface area contributed by atoms with Crippen LogP contribution >= 0.6 is 11.3 Å². The van der Waals surface area contributed by atoms with Gasteiger partial charge in [0.1, 0.15) is 0 Å². The second-order valence-corrected chi connectivity index (χ2v) is 11.1. The summed E-state index contributed by atoms with van der Waals surface area (Å²) in [5, 5.41) is 7.83. The molecule has 0 atom stereocenters. The van der Waals surface area contributed by atoms with Gasteiger partial charge in [-0.25, -0.2) is 0 Å². The molecule has 0 N–H and O–H groups in total. The van der Waals surface area contributed by atoms with Gasteiger partial charge in [0.25, 0.3) is 0 Å². The maximum absolute atomic E-state index is 2.39. The van der Waals surface area contributed by atoms with Crippen molar-refractivity contribution in [1.29, 1.82) is 0 Å². The van der Waals surface area contributed by atoms with Crippen molar-refractivity contribution in [1.82, 2.24) is 0 Å². The summed E-state index contributed by atoms with van der Waals surface area (Å²) in [5.74, 6) is 0. The van der Waals surface area contributed by atoms with Crippen LogP contribution in [-0.4, -0.2) is 0 Å². The second kappa shape index (κ2) is 8.94. The van der Waals surface area contributed by atoms with Gasteiger partial charge in [-0.15, -0.1) is 11.3 Å². The van der Waals surface area contributed by atoms with Crippen molar-refractivity contribution in [3.63, 3.8) is 0 Å². The van der Waals surface area contributed by atoms with Crippen LogP contribution in [0.25, 0.3) is 75.1 Å². The van der Waals surface area contributed by atoms with Crippen molar-refractivity contribution in [3.8, 4) is 33.4 Å². The number of hydrogen-bond donors (Lipinski definition) is 0. The van der Waals surface area contributed by atoms with E-state index < -0.39 is 0 Å². The number of fused-ring (bicyclic) bond motifs is 5. The molecule has 7 aromatic carbocycles. The maximum Gasteiger partial charge on any atom is 0.0361 e. The summed E-state index contributed by atoms with van der Waals surface area (Å²) in [6, 6.07) is 53.2. The van der Waals surface area contributed by atoms with Crippen LogP contribution in [-0.2, 0) is 0 Å². The SMILES string of the molecule is c1ccc(-c2c3ccccc3c(-c3cccc(-c4cccc5sc6ccccc6c45)c3)c3ccccc23)cc1. The first-order chi connectivity index (χ1) is 19.4. The first-order valence-corrected chi connectivity index (χ1v) is 14.2. The van der Waals surface area contributed by atoms with Crippen molar-refractivity contribution in [2.24, 2.45) is 0 Å². The number of rotatable bonds is 3. The lowest BCUT2D eigenvalue weighted by Gasteiger charge is -2.18. The third-order valence-electron chi connectivity index (χ3n) is 7.86. The highest BCUT2D eigenvalue weighted by Gasteiger charge is 2.17. The molecule has 0 nitrogen and oxygen atoms in total. The Labute approximate surface area is 231 Å². The van der Waals surface area contributed by atoms with E-state index in [4.69, 9.17) is 0 Å². The molecule has 0 unspecified atom stereocenters. The maximum atomic E-state index is 2.39. The summed E-state index contributed by atoms with van der Waals surface area (Å²) in [5.41, 5.74) is 7.64. The van der Waals surface area contributed by atoms with Crippen molar-refractivity contribution >= 4 is 53.1 Å². The summed E-state index contributed by atoms with van der Waals surface area (Å²) >= 11 is 1.87. The van der Waals surface area contributed by atoms with Gasteiger partial charge in [0, 0.05) is 20.2 Å². The van der Waals surface area contributed by atoms with Crippen LogP contribution in [0.15, 0.2) is 146 Å². The minimum absolute atomic E-state index is 1.25. The zero-order valence-corrected chi connectivity index (χ0v) is 22.1. The van der Waals surface area contributed by atoms with Gasteiger partial charge in [0.05, 0.1) is 0 Å². The van der Waals surface area contributed by atoms with Gasteiger partial charge in [-0.1, -0.05) is 127 Å². The first kappa shape index (κ1) is 22.3. The van der Waals surface area contributed by atoms with E-state index in [0.717, 1.165) is 0 Å². The molecule has 8 aromatic rings. The molecule has 0 aliphatic rings. The van der Waals surface area contributed by atoms with Crippen LogP contribution < -0.4 is 0 Å². The Bertz CT molecular complexity index is 2110. The third kappa shape index (κ3) is 3.51. The molecule has 0 spiro atoms. The molecule has 39 heavy (non-hydrogen) atoms. The molecule has 0 aliphatic heterocycles. The van der Waals surface area contributed by atoms with Gasteiger partial charge in [0.15, 0.2) is 0 Å². The predicted octanol–water partition coefficient (Wildman–Crippen LogP) is 11.4. The zero-order chi connectivity index (χ0) is 25.8. The van der Waals surface area contributed by atoms with Crippen LogP contribution in [0.1, 0.15) is 0 Å². The summed E-state index contributed by atoms with van der Waals surface area (Å²) in [6.07, 6.45) is 0. The average molecular weight is 513 g/mol. The number of benzene rings is 7. The molecule has 182 valence electrons. The largest absolute Gasteiger partial charge is 0.135 e. The molecule has 0 aliphatic carbocycles. The highest BCUT2D eigenvalue weighted by atomic mass is 32.1. The molecule has 0 saturated carbocycles. The number of hydrogen-bond acceptors (Lipinski definition) is 1. The van der Waals surface area contributed by atoms with Gasteiger partial charge in [0.2, 0.25) is 0 Å². The highest BCUT2D eigenvalue weighted by molar-refractivity contribution is 7.25. The topological polar surface area (TPSA) is 0 Å². The molecule has 0 radical (unpaired) electrons. The van der Waals surface area contributed by atoms with Gasteiger partial charge in [-0.05, 0) is 73.1 Å². The molecule has 1 heterocycles. The van der Waals surface area contributed by atoms with Crippen LogP contribution in [0.4, 0.5) is 0 Å². The molecule has 0 bridgehead atoms. The number of thiophene rings is 1. The van der Waals surface area contributed by atoms with E-state index in [1.807, 2.05) is 11.3 Å². The first-order valence-electron chi connectivity index (χ1n) is 13.4. The van der Waals surface area contributed by atoms with E-state index in [0.29, 0.717) is 0 Å². The van der Waals surface area contributed by atoms with Crippen LogP contribution in [0.5, 0.6) is 0 Å². The Morgan fingerprint density at radius 1 is 0.333 bits per heavy atom. The Kier molecular flexibility index (Phi) is 5.11. The van der Waals surface area contributed by atoms with E-state index in [9.17, 15) is 0 Å². The van der Waals surface area contributed by atoms with Gasteiger partial charge < -0.3 is 0 Å². The second-order valence-electron chi connectivity index (χ2n) is 10.1. The van der Waals surface area contributed by atoms with E-state index in [1.165, 1.54) is 75.1 Å². The molecule has 0 saturated heterocycles. The summed E-state index contributed by atoms with van der Waals surface area (Å²) in [4.78, 5) is 0. The van der Waals surface area contributed by atoms with Crippen LogP contribution in [0.2, 0.25) is 0 Å². The standard InChI is InChI=1S/C38H24S/c1-2-12-25(13-3-1)36-29-16-4-6-18-31(29)37(32-19-7-5-17-30(32)36)27-15-10-14-26(24-27)28-21-11-23-35-38(28)33-20-8-9-22-34(33)39-35/h1-24H. The van der Waals surface area contributed by atoms with Crippen LogP contribution in [0, 0.1) is 0 Å². The molecule has 1 heteroatoms. The third-order valence-corrected chi connectivity index (χ3v) is 8.99. The predicted molar refractivity (Wildman–Crippen MR) is 171 cm³/mol. The van der Waals surface area contributed by atoms with E-state index in [2.05, 4.69) is 146 Å². The summed E-state index contributed by atoms with van der Waals surface area (Å²) in [7, 11) is 0. The molecule has 1 aromatic heterocycles. The summed E-state index contributed by atoms with van der Waals surface area (Å²) in [6.45, 7) is 0. The Morgan fingerprint density at radius 2 is 0.821 bits per heavy atom. The molecule has 8 rings (SSSR count). The van der Waals surface area contributed by atoms with Crippen molar-refractivity contribution in [3.05, 3.63) is 146 Å². The quantitative estimate of drug-likeness (QED) is 0.207. The lowest BCUT2D eigenvalue weighted by molar-refractivity contribution is 1.64. The molecular weight excluding hydrogens is 488 g/mol. The Balaban J connectivity index is 1.43. The van der Waals surface area contributed by atoms with Gasteiger partial charge in [-0.3, -0.25) is 0 Å². The molecular formula is C38H24S. The van der Waals surface area contributed by atoms with Crippen molar-refractivity contribution in [2.45, 2.75) is 0 Å². The van der Waals surface area contributed by atoms with E-state index >= 15 is 0 Å². The fraction of sp³-hybridized carbons (Fsp3) is 0. The monoisotopic (exact) mass is 512 g/mol. The van der Waals surface area contributed by atoms with Gasteiger partial charge in [-0.2, -0.15) is 0 Å². The minimum atomic E-state index is 1.25. The zero-order valence-electron chi connectivity index (χ0n) is 21.3. The van der Waals surface area contributed by atoms with E-state index in [1.54, 1.807) is 0 Å².